The Hall–Kier alpha value is -4.06. The number of carbonyl (C=O) groups excluding carboxylic acids is 1. The van der Waals surface area contributed by atoms with E-state index in [9.17, 15) is 9.59 Å². The van der Waals surface area contributed by atoms with Gasteiger partial charge in [-0.2, -0.15) is 0 Å². The maximum Gasteiger partial charge on any atom is 0.338 e. The van der Waals surface area contributed by atoms with Crippen LogP contribution in [0, 0.1) is 0 Å². The van der Waals surface area contributed by atoms with Crippen LogP contribution < -0.4 is 33.8 Å². The molecule has 5 rings (SSSR count). The van der Waals surface area contributed by atoms with Gasteiger partial charge in [0.1, 0.15) is 6.61 Å². The molecule has 0 saturated carbocycles. The number of hydrogen-bond donors (Lipinski definition) is 0. The van der Waals surface area contributed by atoms with E-state index >= 15 is 0 Å². The molecule has 0 N–H and O–H groups in total. The number of ether oxygens (including phenoxy) is 5. The van der Waals surface area contributed by atoms with Crippen molar-refractivity contribution >= 4 is 50.9 Å². The number of esters is 1. The highest BCUT2D eigenvalue weighted by Crippen LogP contribution is 2.41. The Bertz CT molecular complexity index is 1990. The molecule has 1 aliphatic rings. The first-order chi connectivity index (χ1) is 21.7. The van der Waals surface area contributed by atoms with Crippen LogP contribution in [0.1, 0.15) is 36.6 Å². The summed E-state index contributed by atoms with van der Waals surface area (Å²) in [6.45, 7) is 3.94. The lowest BCUT2D eigenvalue weighted by molar-refractivity contribution is -0.139. The first-order valence-electron chi connectivity index (χ1n) is 13.8. The molecule has 2 heterocycles. The lowest BCUT2D eigenvalue weighted by Gasteiger charge is -2.26. The van der Waals surface area contributed by atoms with Crippen LogP contribution in [-0.4, -0.2) is 38.5 Å². The third-order valence-corrected chi connectivity index (χ3v) is 8.99. The fourth-order valence-electron chi connectivity index (χ4n) is 5.00. The zero-order chi connectivity index (χ0) is 32.2. The van der Waals surface area contributed by atoms with E-state index in [-0.39, 0.29) is 17.7 Å². The number of nitrogens with zero attached hydrogens (tertiary/aromatic N) is 2. The second kappa shape index (κ2) is 13.9. The van der Waals surface area contributed by atoms with Crippen LogP contribution in [0.4, 0.5) is 0 Å². The van der Waals surface area contributed by atoms with E-state index < -0.39 is 12.0 Å². The first kappa shape index (κ1) is 32.3. The third kappa shape index (κ3) is 6.66. The second-order valence-corrected chi connectivity index (χ2v) is 12.2. The van der Waals surface area contributed by atoms with Gasteiger partial charge in [-0.1, -0.05) is 57.1 Å². The van der Waals surface area contributed by atoms with Gasteiger partial charge in [0.15, 0.2) is 27.8 Å². The van der Waals surface area contributed by atoms with E-state index in [4.69, 9.17) is 35.3 Å². The summed E-state index contributed by atoms with van der Waals surface area (Å²) in [5.74, 6) is 1.43. The van der Waals surface area contributed by atoms with E-state index in [1.807, 2.05) is 24.3 Å². The van der Waals surface area contributed by atoms with Gasteiger partial charge in [0.25, 0.3) is 5.56 Å². The van der Waals surface area contributed by atoms with E-state index in [2.05, 4.69) is 20.9 Å². The van der Waals surface area contributed by atoms with Gasteiger partial charge in [0.2, 0.25) is 0 Å². The van der Waals surface area contributed by atoms with Gasteiger partial charge >= 0.3 is 5.97 Å². The molecule has 12 heteroatoms. The topological polar surface area (TPSA) is 97.6 Å². The number of rotatable bonds is 10. The number of thiazole rings is 1. The molecular formula is C33H30BrClN2O7S. The first-order valence-corrected chi connectivity index (χ1v) is 15.8. The lowest BCUT2D eigenvalue weighted by atomic mass is 9.95. The molecule has 45 heavy (non-hydrogen) atoms. The van der Waals surface area contributed by atoms with Gasteiger partial charge in [-0.05, 0) is 73.0 Å². The second-order valence-electron chi connectivity index (χ2n) is 9.86. The molecule has 3 aromatic carbocycles. The zero-order valence-corrected chi connectivity index (χ0v) is 28.3. The van der Waals surface area contributed by atoms with Gasteiger partial charge in [-0.25, -0.2) is 9.79 Å². The Morgan fingerprint density at radius 2 is 1.73 bits per heavy atom. The van der Waals surface area contributed by atoms with Crippen LogP contribution in [0.25, 0.3) is 6.08 Å². The molecule has 0 unspecified atom stereocenters. The summed E-state index contributed by atoms with van der Waals surface area (Å²) in [6.07, 6.45) is 1.76. The molecule has 1 aromatic heterocycles. The van der Waals surface area contributed by atoms with Crippen molar-refractivity contribution in [3.05, 3.63) is 112 Å². The summed E-state index contributed by atoms with van der Waals surface area (Å²) in [5.41, 5.74) is 2.64. The quantitative estimate of drug-likeness (QED) is 0.191. The maximum atomic E-state index is 14.1. The lowest BCUT2D eigenvalue weighted by Crippen LogP contribution is -2.40. The standard InChI is InChI=1S/C33H30BrClN2O7S/c1-6-43-32(39)29-18(2)36-33-37(30(29)22-15-26(41-4)27(42-5)16-23(22)34)31(38)28(45-33)14-19-10-11-24(25(13-19)40-3)44-17-20-8-7-9-21(35)12-20/h7-16,30H,6,17H2,1-5H3/b28-14-/t30-/m0/s1. The predicted molar refractivity (Wildman–Crippen MR) is 176 cm³/mol. The van der Waals surface area contributed by atoms with Crippen LogP contribution >= 0.6 is 38.9 Å². The molecule has 0 radical (unpaired) electrons. The largest absolute Gasteiger partial charge is 0.493 e. The van der Waals surface area contributed by atoms with E-state index in [1.54, 1.807) is 57.4 Å². The number of fused-ring (bicyclic) bond motifs is 1. The Morgan fingerprint density at radius 1 is 1.02 bits per heavy atom. The van der Waals surface area contributed by atoms with Crippen molar-refractivity contribution < 1.29 is 28.5 Å². The third-order valence-electron chi connectivity index (χ3n) is 7.08. The van der Waals surface area contributed by atoms with E-state index in [0.717, 1.165) is 11.1 Å². The average molecular weight is 714 g/mol. The maximum absolute atomic E-state index is 14.1. The molecule has 0 saturated heterocycles. The summed E-state index contributed by atoms with van der Waals surface area (Å²) in [7, 11) is 4.62. The van der Waals surface area contributed by atoms with Gasteiger partial charge in [0.05, 0.1) is 49.8 Å². The molecule has 4 aromatic rings. The number of aromatic nitrogens is 1. The van der Waals surface area contributed by atoms with Crippen molar-refractivity contribution in [1.82, 2.24) is 4.57 Å². The zero-order valence-electron chi connectivity index (χ0n) is 25.2. The number of allylic oxidation sites excluding steroid dienone is 1. The number of methoxy groups -OCH3 is 3. The van der Waals surface area contributed by atoms with E-state index in [1.165, 1.54) is 30.1 Å². The molecule has 0 fully saturated rings. The van der Waals surface area contributed by atoms with Crippen LogP contribution in [0.3, 0.4) is 0 Å². The van der Waals surface area contributed by atoms with Crippen molar-refractivity contribution in [2.45, 2.75) is 26.5 Å². The highest BCUT2D eigenvalue weighted by molar-refractivity contribution is 9.10. The Morgan fingerprint density at radius 3 is 2.42 bits per heavy atom. The number of benzene rings is 3. The van der Waals surface area contributed by atoms with Crippen molar-refractivity contribution in [3.8, 4) is 23.0 Å². The summed E-state index contributed by atoms with van der Waals surface area (Å²) in [5, 5.41) is 0.630. The van der Waals surface area contributed by atoms with Crippen LogP contribution in [0.5, 0.6) is 23.0 Å². The summed E-state index contributed by atoms with van der Waals surface area (Å²) < 4.78 is 30.6. The van der Waals surface area contributed by atoms with Gasteiger partial charge in [-0.15, -0.1) is 0 Å². The van der Waals surface area contributed by atoms with Crippen molar-refractivity contribution in [3.63, 3.8) is 0 Å². The van der Waals surface area contributed by atoms with Crippen molar-refractivity contribution in [2.75, 3.05) is 27.9 Å². The Kier molecular flexibility index (Phi) is 10.0. The Balaban J connectivity index is 1.60. The number of carbonyl (C=O) groups is 1. The molecule has 0 aliphatic carbocycles. The highest BCUT2D eigenvalue weighted by Gasteiger charge is 2.35. The predicted octanol–water partition coefficient (Wildman–Crippen LogP) is 5.82. The molecule has 0 spiro atoms. The van der Waals surface area contributed by atoms with Crippen molar-refractivity contribution in [2.24, 2.45) is 4.99 Å². The minimum absolute atomic E-state index is 0.167. The highest BCUT2D eigenvalue weighted by atomic mass is 79.9. The molecule has 0 amide bonds. The molecule has 9 nitrogen and oxygen atoms in total. The molecule has 0 bridgehead atoms. The molecule has 234 valence electrons. The fraction of sp³-hybridized carbons (Fsp3) is 0.242. The van der Waals surface area contributed by atoms with Crippen molar-refractivity contribution in [1.29, 1.82) is 0 Å². The van der Waals surface area contributed by atoms with Crippen LogP contribution in [0.15, 0.2) is 80.1 Å². The van der Waals surface area contributed by atoms with Crippen LogP contribution in [0.2, 0.25) is 5.02 Å². The summed E-state index contributed by atoms with van der Waals surface area (Å²) in [6, 6.07) is 15.5. The number of halogens is 2. The smallest absolute Gasteiger partial charge is 0.338 e. The monoisotopic (exact) mass is 712 g/mol. The fourth-order valence-corrected chi connectivity index (χ4v) is 6.80. The summed E-state index contributed by atoms with van der Waals surface area (Å²) in [4.78, 5) is 32.5. The van der Waals surface area contributed by atoms with E-state index in [0.29, 0.717) is 59.7 Å². The van der Waals surface area contributed by atoms with Gasteiger partial charge in [-0.3, -0.25) is 9.36 Å². The SMILES string of the molecule is CCOC(=O)C1=C(C)N=c2s/c(=C\c3ccc(OCc4cccc(Cl)c4)c(OC)c3)c(=O)n2[C@H]1c1cc(OC)c(OC)cc1Br. The molecular weight excluding hydrogens is 684 g/mol. The molecule has 1 aliphatic heterocycles. The van der Waals surface area contributed by atoms with Crippen LogP contribution in [-0.2, 0) is 16.1 Å². The van der Waals surface area contributed by atoms with Gasteiger partial charge in [0, 0.05) is 9.50 Å². The van der Waals surface area contributed by atoms with Gasteiger partial charge < -0.3 is 23.7 Å². The minimum Gasteiger partial charge on any atom is -0.493 e. The average Bonchev–Trinajstić information content (AvgIpc) is 3.33. The summed E-state index contributed by atoms with van der Waals surface area (Å²) >= 11 is 10.9. The Labute approximate surface area is 277 Å². The minimum atomic E-state index is -0.839. The normalized spacial score (nSPS) is 14.5. The molecule has 1 atom stereocenters. The number of hydrogen-bond acceptors (Lipinski definition) is 9.